The van der Waals surface area contributed by atoms with E-state index in [1.807, 2.05) is 6.07 Å². The average Bonchev–Trinajstić information content (AvgIpc) is 3.06. The quantitative estimate of drug-likeness (QED) is 0.930. The molecule has 0 atom stereocenters. The molecule has 20 heavy (non-hydrogen) atoms. The summed E-state index contributed by atoms with van der Waals surface area (Å²) in [5, 5.41) is 7.49. The van der Waals surface area contributed by atoms with Crippen LogP contribution in [0.4, 0.5) is 5.69 Å². The zero-order valence-corrected chi connectivity index (χ0v) is 11.5. The maximum Gasteiger partial charge on any atom is 0.258 e. The minimum atomic E-state index is -0.323. The van der Waals surface area contributed by atoms with Crippen LogP contribution in [-0.4, -0.2) is 23.8 Å². The number of rotatable bonds is 3. The normalized spacial score (nSPS) is 19.2. The van der Waals surface area contributed by atoms with Crippen molar-refractivity contribution in [2.75, 3.05) is 19.0 Å². The molecular weight excluding hydrogens is 254 g/mol. The van der Waals surface area contributed by atoms with Gasteiger partial charge in [-0.05, 0) is 43.4 Å². The van der Waals surface area contributed by atoms with Crippen LogP contribution in [0.25, 0.3) is 11.5 Å². The lowest BCUT2D eigenvalue weighted by Gasteiger charge is -2.37. The molecule has 1 saturated carbocycles. The van der Waals surface area contributed by atoms with E-state index in [2.05, 4.69) is 27.6 Å². The highest BCUT2D eigenvalue weighted by atomic mass is 16.5. The first kappa shape index (κ1) is 11.9. The van der Waals surface area contributed by atoms with Gasteiger partial charge in [-0.1, -0.05) is 11.2 Å². The lowest BCUT2D eigenvalue weighted by molar-refractivity contribution is -0.0858. The van der Waals surface area contributed by atoms with Crippen molar-refractivity contribution in [3.8, 4) is 11.5 Å². The smallest absolute Gasteiger partial charge is 0.258 e. The largest absolute Gasteiger partial charge is 0.384 e. The van der Waals surface area contributed by atoms with Gasteiger partial charge in [-0.25, -0.2) is 0 Å². The first-order chi connectivity index (χ1) is 9.81. The Bertz CT molecular complexity index is 641. The first-order valence-electron chi connectivity index (χ1n) is 7.07. The molecule has 5 nitrogen and oxygen atoms in total. The fourth-order valence-corrected chi connectivity index (χ4v) is 2.97. The summed E-state index contributed by atoms with van der Waals surface area (Å²) in [6, 6.07) is 6.26. The van der Waals surface area contributed by atoms with E-state index in [0.717, 1.165) is 37.8 Å². The molecule has 0 spiro atoms. The van der Waals surface area contributed by atoms with Crippen LogP contribution in [0.2, 0.25) is 0 Å². The molecular formula is C15H17N3O2. The van der Waals surface area contributed by atoms with Gasteiger partial charge in [0.15, 0.2) is 0 Å². The fraction of sp³-hybridized carbons (Fsp3) is 0.467. The molecule has 1 aromatic heterocycles. The van der Waals surface area contributed by atoms with Crippen molar-refractivity contribution in [3.05, 3.63) is 29.6 Å². The summed E-state index contributed by atoms with van der Waals surface area (Å²) in [4.78, 5) is 4.54. The highest BCUT2D eigenvalue weighted by Crippen LogP contribution is 2.43. The van der Waals surface area contributed by atoms with Crippen LogP contribution in [0.1, 0.15) is 30.7 Å². The summed E-state index contributed by atoms with van der Waals surface area (Å²) in [7, 11) is 1.72. The van der Waals surface area contributed by atoms with Gasteiger partial charge in [-0.15, -0.1) is 0 Å². The molecule has 1 aromatic carbocycles. The Morgan fingerprint density at radius 2 is 2.25 bits per heavy atom. The van der Waals surface area contributed by atoms with E-state index in [0.29, 0.717) is 11.7 Å². The van der Waals surface area contributed by atoms with Gasteiger partial charge in [-0.3, -0.25) is 0 Å². The Balaban J connectivity index is 1.68. The molecule has 5 heteroatoms. The molecule has 2 heterocycles. The second kappa shape index (κ2) is 4.31. The Kier molecular flexibility index (Phi) is 2.57. The topological polar surface area (TPSA) is 60.2 Å². The van der Waals surface area contributed by atoms with Gasteiger partial charge >= 0.3 is 0 Å². The second-order valence-electron chi connectivity index (χ2n) is 5.52. The molecule has 1 fully saturated rings. The van der Waals surface area contributed by atoms with Crippen LogP contribution in [0.3, 0.4) is 0 Å². The van der Waals surface area contributed by atoms with Crippen LogP contribution < -0.4 is 5.32 Å². The Morgan fingerprint density at radius 3 is 3.00 bits per heavy atom. The maximum absolute atomic E-state index is 5.59. The summed E-state index contributed by atoms with van der Waals surface area (Å²) in [5.41, 5.74) is 3.16. The summed E-state index contributed by atoms with van der Waals surface area (Å²) >= 11 is 0. The minimum absolute atomic E-state index is 0.323. The fourth-order valence-electron chi connectivity index (χ4n) is 2.97. The lowest BCUT2D eigenvalue weighted by Crippen LogP contribution is -2.37. The van der Waals surface area contributed by atoms with Gasteiger partial charge in [0.05, 0.1) is 0 Å². The number of benzene rings is 1. The number of nitrogens with one attached hydrogen (secondary N) is 1. The van der Waals surface area contributed by atoms with Crippen LogP contribution in [-0.2, 0) is 16.8 Å². The molecule has 1 N–H and O–H groups in total. The van der Waals surface area contributed by atoms with E-state index in [1.165, 1.54) is 11.3 Å². The summed E-state index contributed by atoms with van der Waals surface area (Å²) in [6.07, 6.45) is 4.17. The van der Waals surface area contributed by atoms with Crippen molar-refractivity contribution in [1.29, 1.82) is 0 Å². The zero-order chi connectivity index (χ0) is 13.6. The van der Waals surface area contributed by atoms with Crippen LogP contribution in [0, 0.1) is 0 Å². The standard InChI is InChI=1S/C15H17N3O2/c1-19-15(6-2-7-15)14-17-13(20-18-14)11-4-3-10-5-8-16-12(10)9-11/h3-4,9,16H,2,5-8H2,1H3. The predicted octanol–water partition coefficient (Wildman–Crippen LogP) is 2.73. The molecule has 1 aliphatic heterocycles. The van der Waals surface area contributed by atoms with Crippen molar-refractivity contribution in [3.63, 3.8) is 0 Å². The first-order valence-corrected chi connectivity index (χ1v) is 7.07. The number of nitrogens with zero attached hydrogens (tertiary/aromatic N) is 2. The van der Waals surface area contributed by atoms with Gasteiger partial charge in [0.2, 0.25) is 5.82 Å². The number of anilines is 1. The van der Waals surface area contributed by atoms with E-state index in [4.69, 9.17) is 9.26 Å². The van der Waals surface area contributed by atoms with Crippen LogP contribution >= 0.6 is 0 Å². The third-order valence-electron chi connectivity index (χ3n) is 4.45. The van der Waals surface area contributed by atoms with E-state index in [1.54, 1.807) is 7.11 Å². The molecule has 1 aliphatic carbocycles. The molecule has 0 bridgehead atoms. The number of hydrogen-bond acceptors (Lipinski definition) is 5. The highest BCUT2D eigenvalue weighted by molar-refractivity contribution is 5.66. The molecule has 0 unspecified atom stereocenters. The SMILES string of the molecule is COC1(c2noc(-c3ccc4c(c3)NCC4)n2)CCC1. The maximum atomic E-state index is 5.59. The van der Waals surface area contributed by atoms with Crippen LogP contribution in [0.5, 0.6) is 0 Å². The molecule has 0 saturated heterocycles. The molecule has 2 aromatic rings. The third-order valence-corrected chi connectivity index (χ3v) is 4.45. The lowest BCUT2D eigenvalue weighted by atomic mass is 9.79. The highest BCUT2D eigenvalue weighted by Gasteiger charge is 2.43. The predicted molar refractivity (Wildman–Crippen MR) is 74.5 cm³/mol. The van der Waals surface area contributed by atoms with E-state index in [9.17, 15) is 0 Å². The Hall–Kier alpha value is -1.88. The van der Waals surface area contributed by atoms with Gasteiger partial charge in [0, 0.05) is 24.9 Å². The summed E-state index contributed by atoms with van der Waals surface area (Å²) in [6.45, 7) is 1.00. The number of hydrogen-bond donors (Lipinski definition) is 1. The summed E-state index contributed by atoms with van der Waals surface area (Å²) < 4.78 is 11.0. The van der Waals surface area contributed by atoms with Crippen molar-refractivity contribution in [1.82, 2.24) is 10.1 Å². The number of ether oxygens (including phenoxy) is 1. The van der Waals surface area contributed by atoms with Gasteiger partial charge < -0.3 is 14.6 Å². The number of fused-ring (bicyclic) bond motifs is 1. The second-order valence-corrected chi connectivity index (χ2v) is 5.52. The third kappa shape index (κ3) is 1.66. The van der Waals surface area contributed by atoms with Crippen molar-refractivity contribution >= 4 is 5.69 Å². The van der Waals surface area contributed by atoms with Gasteiger partial charge in [0.25, 0.3) is 5.89 Å². The molecule has 0 radical (unpaired) electrons. The Labute approximate surface area is 117 Å². The number of aromatic nitrogens is 2. The summed E-state index contributed by atoms with van der Waals surface area (Å²) in [5.74, 6) is 1.24. The van der Waals surface area contributed by atoms with Crippen molar-refractivity contribution in [2.45, 2.75) is 31.3 Å². The zero-order valence-electron chi connectivity index (χ0n) is 11.5. The van der Waals surface area contributed by atoms with Crippen LogP contribution in [0.15, 0.2) is 22.7 Å². The van der Waals surface area contributed by atoms with Gasteiger partial charge in [-0.2, -0.15) is 4.98 Å². The van der Waals surface area contributed by atoms with Gasteiger partial charge in [0.1, 0.15) is 5.60 Å². The molecule has 0 amide bonds. The van der Waals surface area contributed by atoms with Crippen molar-refractivity contribution < 1.29 is 9.26 Å². The van der Waals surface area contributed by atoms with E-state index < -0.39 is 0 Å². The van der Waals surface area contributed by atoms with E-state index >= 15 is 0 Å². The van der Waals surface area contributed by atoms with E-state index in [-0.39, 0.29) is 5.60 Å². The Morgan fingerprint density at radius 1 is 1.35 bits per heavy atom. The molecule has 2 aliphatic rings. The molecule has 104 valence electrons. The van der Waals surface area contributed by atoms with Crippen molar-refractivity contribution in [2.24, 2.45) is 0 Å². The minimum Gasteiger partial charge on any atom is -0.384 e. The monoisotopic (exact) mass is 271 g/mol. The average molecular weight is 271 g/mol. The molecule has 4 rings (SSSR count). The number of methoxy groups -OCH3 is 1.